The number of rotatable bonds is 3. The number of amidine groups is 1. The first-order valence-corrected chi connectivity index (χ1v) is 3.72. The molecule has 0 spiro atoms. The molecule has 0 radical (unpaired) electrons. The summed E-state index contributed by atoms with van der Waals surface area (Å²) in [6, 6.07) is 0. The molecule has 0 aliphatic rings. The van der Waals surface area contributed by atoms with Gasteiger partial charge in [-0.1, -0.05) is 17.3 Å². The fourth-order valence-electron chi connectivity index (χ4n) is 0.335. The molecule has 0 saturated carbocycles. The fourth-order valence-corrected chi connectivity index (χ4v) is 1.01. The van der Waals surface area contributed by atoms with Crippen LogP contribution < -0.4 is 5.73 Å². The molecule has 0 aliphatic carbocycles. The molecule has 0 saturated heterocycles. The van der Waals surface area contributed by atoms with Crippen LogP contribution in [0.1, 0.15) is 13.3 Å². The first kappa shape index (κ1) is 8.56. The van der Waals surface area contributed by atoms with Gasteiger partial charge < -0.3 is 5.73 Å². The van der Waals surface area contributed by atoms with Crippen LogP contribution >= 0.6 is 11.8 Å². The van der Waals surface area contributed by atoms with Gasteiger partial charge in [0.05, 0.1) is 0 Å². The second-order valence-corrected chi connectivity index (χ2v) is 3.06. The number of nitrogens with one attached hydrogen (secondary N) is 1. The smallest absolute Gasteiger partial charge is 0.151 e. The van der Waals surface area contributed by atoms with E-state index in [1.165, 1.54) is 11.8 Å². The van der Waals surface area contributed by atoms with Gasteiger partial charge in [0.2, 0.25) is 0 Å². The highest BCUT2D eigenvalue weighted by atomic mass is 32.2. The van der Waals surface area contributed by atoms with Crippen LogP contribution in [0.3, 0.4) is 0 Å². The molecule has 3 N–H and O–H groups in total. The Kier molecular flexibility index (Phi) is 4.22. The summed E-state index contributed by atoms with van der Waals surface area (Å²) in [7, 11) is 0. The second kappa shape index (κ2) is 4.44. The maximum atomic E-state index is 6.85. The molecule has 52 valence electrons. The van der Waals surface area contributed by atoms with Crippen LogP contribution in [0.5, 0.6) is 0 Å². The zero-order valence-electron chi connectivity index (χ0n) is 5.61. The maximum absolute atomic E-state index is 6.85. The largest absolute Gasteiger partial charge is 0.379 e. The predicted octanol–water partition coefficient (Wildman–Crippen LogP) is 1.58. The second-order valence-electron chi connectivity index (χ2n) is 1.92. The Labute approximate surface area is 60.0 Å². The van der Waals surface area contributed by atoms with Crippen molar-refractivity contribution in [3.8, 4) is 0 Å². The first-order chi connectivity index (χ1) is 4.13. The molecule has 0 heterocycles. The van der Waals surface area contributed by atoms with Crippen molar-refractivity contribution in [2.75, 3.05) is 5.75 Å². The standard InChI is InChI=1S/C6H12N2S/c1-5(2)3-4-9-6(7)8/h1,3-4H2,2H3,(H3,7,8). The van der Waals surface area contributed by atoms with Crippen molar-refractivity contribution in [2.24, 2.45) is 5.73 Å². The highest BCUT2D eigenvalue weighted by molar-refractivity contribution is 8.13. The van der Waals surface area contributed by atoms with Crippen LogP contribution in [-0.4, -0.2) is 10.9 Å². The van der Waals surface area contributed by atoms with Crippen LogP contribution in [0.2, 0.25) is 0 Å². The normalized spacial score (nSPS) is 9.00. The van der Waals surface area contributed by atoms with Gasteiger partial charge in [0.15, 0.2) is 5.17 Å². The van der Waals surface area contributed by atoms with Gasteiger partial charge >= 0.3 is 0 Å². The highest BCUT2D eigenvalue weighted by Gasteiger charge is 1.89. The molecule has 0 aromatic heterocycles. The fraction of sp³-hybridized carbons (Fsp3) is 0.500. The Bertz CT molecular complexity index is 106. The van der Waals surface area contributed by atoms with Gasteiger partial charge in [0.1, 0.15) is 0 Å². The van der Waals surface area contributed by atoms with E-state index >= 15 is 0 Å². The minimum absolute atomic E-state index is 0.191. The van der Waals surface area contributed by atoms with Crippen LogP contribution in [0.25, 0.3) is 0 Å². The topological polar surface area (TPSA) is 49.9 Å². The molecule has 9 heavy (non-hydrogen) atoms. The van der Waals surface area contributed by atoms with Gasteiger partial charge in [-0.3, -0.25) is 5.41 Å². The molecular formula is C6H12N2S. The van der Waals surface area contributed by atoms with Crippen molar-refractivity contribution in [3.63, 3.8) is 0 Å². The lowest BCUT2D eigenvalue weighted by molar-refractivity contribution is 1.13. The third-order valence-electron chi connectivity index (χ3n) is 0.786. The quantitative estimate of drug-likeness (QED) is 0.359. The van der Waals surface area contributed by atoms with E-state index in [4.69, 9.17) is 11.1 Å². The Balaban J connectivity index is 3.10. The van der Waals surface area contributed by atoms with Crippen molar-refractivity contribution in [3.05, 3.63) is 12.2 Å². The van der Waals surface area contributed by atoms with E-state index in [0.717, 1.165) is 17.7 Å². The van der Waals surface area contributed by atoms with Gasteiger partial charge in [-0.2, -0.15) is 0 Å². The van der Waals surface area contributed by atoms with E-state index in [1.807, 2.05) is 6.92 Å². The number of hydrogen-bond donors (Lipinski definition) is 2. The first-order valence-electron chi connectivity index (χ1n) is 2.74. The van der Waals surface area contributed by atoms with Crippen molar-refractivity contribution >= 4 is 16.9 Å². The molecule has 2 nitrogen and oxygen atoms in total. The summed E-state index contributed by atoms with van der Waals surface area (Å²) in [4.78, 5) is 0. The average Bonchev–Trinajstić information content (AvgIpc) is 1.63. The number of nitrogens with two attached hydrogens (primary N) is 1. The van der Waals surface area contributed by atoms with E-state index in [0.29, 0.717) is 0 Å². The summed E-state index contributed by atoms with van der Waals surface area (Å²) in [6.45, 7) is 5.70. The number of thioether (sulfide) groups is 1. The van der Waals surface area contributed by atoms with Crippen LogP contribution in [0, 0.1) is 5.41 Å². The summed E-state index contributed by atoms with van der Waals surface area (Å²) < 4.78 is 0. The third-order valence-corrected chi connectivity index (χ3v) is 1.51. The summed E-state index contributed by atoms with van der Waals surface area (Å²) in [5.41, 5.74) is 6.24. The maximum Gasteiger partial charge on any atom is 0.151 e. The van der Waals surface area contributed by atoms with Crippen LogP contribution in [-0.2, 0) is 0 Å². The molecule has 0 amide bonds. The molecule has 0 aromatic rings. The SMILES string of the molecule is C=C(C)CCSC(=N)N. The van der Waals surface area contributed by atoms with Gasteiger partial charge in [-0.15, -0.1) is 6.58 Å². The minimum atomic E-state index is 0.191. The Hall–Kier alpha value is -0.440. The monoisotopic (exact) mass is 144 g/mol. The van der Waals surface area contributed by atoms with E-state index in [1.54, 1.807) is 0 Å². The molecule has 0 rings (SSSR count). The van der Waals surface area contributed by atoms with E-state index in [2.05, 4.69) is 6.58 Å². The minimum Gasteiger partial charge on any atom is -0.379 e. The lowest BCUT2D eigenvalue weighted by Crippen LogP contribution is -2.04. The molecule has 0 bridgehead atoms. The van der Waals surface area contributed by atoms with E-state index in [-0.39, 0.29) is 5.17 Å². The Morgan fingerprint density at radius 2 is 2.33 bits per heavy atom. The highest BCUT2D eigenvalue weighted by Crippen LogP contribution is 2.04. The molecule has 0 aliphatic heterocycles. The van der Waals surface area contributed by atoms with Crippen LogP contribution in [0.4, 0.5) is 0 Å². The lowest BCUT2D eigenvalue weighted by Gasteiger charge is -1.96. The Morgan fingerprint density at radius 3 is 2.67 bits per heavy atom. The predicted molar refractivity (Wildman–Crippen MR) is 43.8 cm³/mol. The number of allylic oxidation sites excluding steroid dienone is 1. The van der Waals surface area contributed by atoms with Crippen molar-refractivity contribution in [1.82, 2.24) is 0 Å². The van der Waals surface area contributed by atoms with Gasteiger partial charge in [0.25, 0.3) is 0 Å². The van der Waals surface area contributed by atoms with Crippen molar-refractivity contribution < 1.29 is 0 Å². The molecule has 3 heteroatoms. The Morgan fingerprint density at radius 1 is 1.78 bits per heavy atom. The van der Waals surface area contributed by atoms with Crippen molar-refractivity contribution in [1.29, 1.82) is 5.41 Å². The summed E-state index contributed by atoms with van der Waals surface area (Å²) >= 11 is 1.36. The summed E-state index contributed by atoms with van der Waals surface area (Å²) in [6.07, 6.45) is 0.949. The van der Waals surface area contributed by atoms with Crippen LogP contribution in [0.15, 0.2) is 12.2 Å². The lowest BCUT2D eigenvalue weighted by atomic mass is 10.3. The number of hydrogen-bond acceptors (Lipinski definition) is 2. The molecule has 0 unspecified atom stereocenters. The van der Waals surface area contributed by atoms with Gasteiger partial charge in [0, 0.05) is 5.75 Å². The third kappa shape index (κ3) is 7.56. The summed E-state index contributed by atoms with van der Waals surface area (Å²) in [5, 5.41) is 7.04. The molecule has 0 fully saturated rings. The van der Waals surface area contributed by atoms with Gasteiger partial charge in [-0.05, 0) is 13.3 Å². The summed E-state index contributed by atoms with van der Waals surface area (Å²) in [5.74, 6) is 0.880. The molecular weight excluding hydrogens is 132 g/mol. The zero-order chi connectivity index (χ0) is 7.28. The molecule has 0 atom stereocenters. The van der Waals surface area contributed by atoms with Crippen molar-refractivity contribution in [2.45, 2.75) is 13.3 Å². The molecule has 0 aromatic carbocycles. The van der Waals surface area contributed by atoms with E-state index in [9.17, 15) is 0 Å². The average molecular weight is 144 g/mol. The van der Waals surface area contributed by atoms with E-state index < -0.39 is 0 Å². The van der Waals surface area contributed by atoms with Gasteiger partial charge in [-0.25, -0.2) is 0 Å². The zero-order valence-corrected chi connectivity index (χ0v) is 6.42.